The van der Waals surface area contributed by atoms with Crippen LogP contribution in [0, 0.1) is 19.8 Å². The van der Waals surface area contributed by atoms with E-state index in [2.05, 4.69) is 5.32 Å². The van der Waals surface area contributed by atoms with Gasteiger partial charge in [-0.3, -0.25) is 9.10 Å². The number of nitrogens with zero attached hydrogens (tertiary/aromatic N) is 1. The van der Waals surface area contributed by atoms with Crippen LogP contribution in [0.3, 0.4) is 0 Å². The van der Waals surface area contributed by atoms with Crippen molar-refractivity contribution in [1.29, 1.82) is 0 Å². The number of carbonyl (C=O) groups excluding carboxylic acids is 1. The molecule has 30 heavy (non-hydrogen) atoms. The summed E-state index contributed by atoms with van der Waals surface area (Å²) in [5.41, 5.74) is 4.26. The van der Waals surface area contributed by atoms with E-state index in [1.165, 1.54) is 42.7 Å². The van der Waals surface area contributed by atoms with E-state index >= 15 is 0 Å². The Labute approximate surface area is 180 Å². The molecule has 0 unspecified atom stereocenters. The Morgan fingerprint density at radius 2 is 1.67 bits per heavy atom. The van der Waals surface area contributed by atoms with Crippen LogP contribution < -0.4 is 9.62 Å². The highest BCUT2D eigenvalue weighted by atomic mass is 32.2. The number of anilines is 1. The molecule has 6 heteroatoms. The molecule has 1 aliphatic carbocycles. The molecule has 0 bridgehead atoms. The van der Waals surface area contributed by atoms with Gasteiger partial charge in [0.15, 0.2) is 0 Å². The molecule has 2 aromatic carbocycles. The summed E-state index contributed by atoms with van der Waals surface area (Å²) < 4.78 is 26.2. The normalized spacial score (nSPS) is 15.0. The summed E-state index contributed by atoms with van der Waals surface area (Å²) in [6.45, 7) is 4.93. The van der Waals surface area contributed by atoms with Crippen LogP contribution in [0.2, 0.25) is 0 Å². The van der Waals surface area contributed by atoms with Crippen molar-refractivity contribution >= 4 is 21.6 Å². The molecular formula is C24H32N2O3S. The fourth-order valence-corrected chi connectivity index (χ4v) is 4.82. The smallest absolute Gasteiger partial charge is 0.251 e. The summed E-state index contributed by atoms with van der Waals surface area (Å²) >= 11 is 0. The monoisotopic (exact) mass is 428 g/mol. The van der Waals surface area contributed by atoms with E-state index in [1.807, 2.05) is 44.2 Å². The quantitative estimate of drug-likeness (QED) is 0.702. The van der Waals surface area contributed by atoms with Gasteiger partial charge >= 0.3 is 0 Å². The van der Waals surface area contributed by atoms with Gasteiger partial charge in [0.2, 0.25) is 10.0 Å². The number of rotatable bonds is 7. The second-order valence-electron chi connectivity index (χ2n) is 8.45. The van der Waals surface area contributed by atoms with Crippen LogP contribution in [0.5, 0.6) is 0 Å². The Morgan fingerprint density at radius 1 is 1.00 bits per heavy atom. The van der Waals surface area contributed by atoms with Crippen LogP contribution >= 0.6 is 0 Å². The lowest BCUT2D eigenvalue weighted by Crippen LogP contribution is -2.30. The zero-order valence-electron chi connectivity index (χ0n) is 18.1. The van der Waals surface area contributed by atoms with Gasteiger partial charge in [-0.1, -0.05) is 37.5 Å². The molecule has 0 aromatic heterocycles. The van der Waals surface area contributed by atoms with E-state index < -0.39 is 10.0 Å². The van der Waals surface area contributed by atoms with Gasteiger partial charge in [-0.15, -0.1) is 0 Å². The zero-order chi connectivity index (χ0) is 21.7. The molecule has 162 valence electrons. The fourth-order valence-electron chi connectivity index (χ4n) is 3.94. The van der Waals surface area contributed by atoms with E-state index in [1.54, 1.807) is 12.1 Å². The van der Waals surface area contributed by atoms with Gasteiger partial charge in [-0.05, 0) is 73.6 Å². The minimum Gasteiger partial charge on any atom is -0.352 e. The van der Waals surface area contributed by atoms with Crippen LogP contribution in [0.25, 0.3) is 0 Å². The second kappa shape index (κ2) is 9.65. The molecular weight excluding hydrogens is 396 g/mol. The van der Waals surface area contributed by atoms with E-state index in [0.29, 0.717) is 17.2 Å². The van der Waals surface area contributed by atoms with Gasteiger partial charge in [0, 0.05) is 12.1 Å². The predicted molar refractivity (Wildman–Crippen MR) is 122 cm³/mol. The standard InChI is InChI=1S/C24H32N2O3S/c1-18-9-14-23(15-19(18)2)26(30(3,28)29)17-21-10-12-22(13-11-21)24(27)25-16-20-7-5-4-6-8-20/h9-15,20H,4-8,16-17H2,1-3H3,(H,25,27). The highest BCUT2D eigenvalue weighted by Crippen LogP contribution is 2.24. The molecule has 0 spiro atoms. The van der Waals surface area contributed by atoms with Gasteiger partial charge in [0.1, 0.15) is 0 Å². The van der Waals surface area contributed by atoms with Crippen molar-refractivity contribution in [2.45, 2.75) is 52.5 Å². The number of aryl methyl sites for hydroxylation is 2. The van der Waals surface area contributed by atoms with Crippen molar-refractivity contribution in [3.05, 3.63) is 64.7 Å². The molecule has 0 atom stereocenters. The molecule has 0 aliphatic heterocycles. The number of nitrogens with one attached hydrogen (secondary N) is 1. The predicted octanol–water partition coefficient (Wildman–Crippen LogP) is 4.58. The summed E-state index contributed by atoms with van der Waals surface area (Å²) in [6.07, 6.45) is 7.42. The summed E-state index contributed by atoms with van der Waals surface area (Å²) in [4.78, 5) is 12.5. The summed E-state index contributed by atoms with van der Waals surface area (Å²) in [6, 6.07) is 12.9. The van der Waals surface area contributed by atoms with Gasteiger partial charge in [0.25, 0.3) is 5.91 Å². The molecule has 1 fully saturated rings. The van der Waals surface area contributed by atoms with Crippen LogP contribution in [0.1, 0.15) is 59.2 Å². The van der Waals surface area contributed by atoms with E-state index in [0.717, 1.165) is 23.2 Å². The van der Waals surface area contributed by atoms with Crippen molar-refractivity contribution in [2.75, 3.05) is 17.1 Å². The van der Waals surface area contributed by atoms with Crippen LogP contribution in [0.4, 0.5) is 5.69 Å². The topological polar surface area (TPSA) is 66.5 Å². The molecule has 0 heterocycles. The van der Waals surface area contributed by atoms with Gasteiger partial charge in [-0.2, -0.15) is 0 Å². The van der Waals surface area contributed by atoms with Crippen LogP contribution in [-0.4, -0.2) is 27.1 Å². The average Bonchev–Trinajstić information content (AvgIpc) is 2.73. The van der Waals surface area contributed by atoms with Crippen molar-refractivity contribution < 1.29 is 13.2 Å². The summed E-state index contributed by atoms with van der Waals surface area (Å²) in [7, 11) is -3.44. The third-order valence-corrected chi connectivity index (χ3v) is 7.14. The minimum atomic E-state index is -3.44. The number of amides is 1. The SMILES string of the molecule is Cc1ccc(N(Cc2ccc(C(=O)NCC3CCCCC3)cc2)S(C)(=O)=O)cc1C. The molecule has 5 nitrogen and oxygen atoms in total. The van der Waals surface area contributed by atoms with E-state index in [4.69, 9.17) is 0 Å². The van der Waals surface area contributed by atoms with Gasteiger partial charge in [-0.25, -0.2) is 8.42 Å². The first-order valence-electron chi connectivity index (χ1n) is 10.7. The minimum absolute atomic E-state index is 0.0683. The number of benzene rings is 2. The fraction of sp³-hybridized carbons (Fsp3) is 0.458. The maximum absolute atomic E-state index is 12.5. The molecule has 0 saturated heterocycles. The Kier molecular flexibility index (Phi) is 7.19. The third kappa shape index (κ3) is 5.85. The van der Waals surface area contributed by atoms with Crippen LogP contribution in [-0.2, 0) is 16.6 Å². The second-order valence-corrected chi connectivity index (χ2v) is 10.4. The molecule has 0 radical (unpaired) electrons. The lowest BCUT2D eigenvalue weighted by atomic mass is 9.89. The number of carbonyl (C=O) groups is 1. The van der Waals surface area contributed by atoms with Gasteiger partial charge < -0.3 is 5.32 Å². The molecule has 3 rings (SSSR count). The first-order chi connectivity index (χ1) is 14.2. The maximum Gasteiger partial charge on any atom is 0.251 e. The van der Waals surface area contributed by atoms with Crippen molar-refractivity contribution in [3.8, 4) is 0 Å². The zero-order valence-corrected chi connectivity index (χ0v) is 19.0. The van der Waals surface area contributed by atoms with Gasteiger partial charge in [0.05, 0.1) is 18.5 Å². The Balaban J connectivity index is 1.67. The molecule has 1 amide bonds. The Bertz CT molecular complexity index is 978. The summed E-state index contributed by atoms with van der Waals surface area (Å²) in [5.74, 6) is 0.518. The highest BCUT2D eigenvalue weighted by Gasteiger charge is 2.19. The number of sulfonamides is 1. The number of hydrogen-bond acceptors (Lipinski definition) is 3. The Morgan fingerprint density at radius 3 is 2.27 bits per heavy atom. The third-order valence-electron chi connectivity index (χ3n) is 6.00. The number of hydrogen-bond donors (Lipinski definition) is 1. The maximum atomic E-state index is 12.5. The van der Waals surface area contributed by atoms with Crippen molar-refractivity contribution in [3.63, 3.8) is 0 Å². The van der Waals surface area contributed by atoms with Crippen LogP contribution in [0.15, 0.2) is 42.5 Å². The largest absolute Gasteiger partial charge is 0.352 e. The molecule has 1 saturated carbocycles. The van der Waals surface area contributed by atoms with E-state index in [-0.39, 0.29) is 12.5 Å². The highest BCUT2D eigenvalue weighted by molar-refractivity contribution is 7.92. The lowest BCUT2D eigenvalue weighted by molar-refractivity contribution is 0.0943. The van der Waals surface area contributed by atoms with Crippen molar-refractivity contribution in [1.82, 2.24) is 5.32 Å². The first-order valence-corrected chi connectivity index (χ1v) is 12.5. The first kappa shape index (κ1) is 22.3. The molecule has 1 aliphatic rings. The average molecular weight is 429 g/mol. The van der Waals surface area contributed by atoms with E-state index in [9.17, 15) is 13.2 Å². The summed E-state index contributed by atoms with van der Waals surface area (Å²) in [5, 5.41) is 3.05. The molecule has 1 N–H and O–H groups in total. The Hall–Kier alpha value is -2.34. The lowest BCUT2D eigenvalue weighted by Gasteiger charge is -2.23. The van der Waals surface area contributed by atoms with Crippen molar-refractivity contribution in [2.24, 2.45) is 5.92 Å². The molecule has 2 aromatic rings.